The summed E-state index contributed by atoms with van der Waals surface area (Å²) >= 11 is 1.07. The number of hydrogen-bond acceptors (Lipinski definition) is 9. The molecule has 1 amide bonds. The van der Waals surface area contributed by atoms with Crippen molar-refractivity contribution in [3.8, 4) is 23.0 Å². The fraction of sp³-hybridized carbons (Fsp3) is 0.286. The van der Waals surface area contributed by atoms with Crippen molar-refractivity contribution >= 4 is 23.6 Å². The zero-order valence-corrected chi connectivity index (χ0v) is 13.4. The van der Waals surface area contributed by atoms with Gasteiger partial charge in [-0.05, 0) is 18.2 Å². The van der Waals surface area contributed by atoms with E-state index in [1.54, 1.807) is 18.2 Å². The molecule has 126 valence electrons. The van der Waals surface area contributed by atoms with Crippen molar-refractivity contribution in [3.05, 3.63) is 18.2 Å². The number of fused-ring (bicyclic) bond motifs is 1. The van der Waals surface area contributed by atoms with Crippen LogP contribution in [-0.2, 0) is 14.3 Å². The highest BCUT2D eigenvalue weighted by Crippen LogP contribution is 2.35. The van der Waals surface area contributed by atoms with Crippen LogP contribution in [-0.4, -0.2) is 48.3 Å². The number of methoxy groups -OCH3 is 1. The molecule has 1 aromatic carbocycles. The first-order valence-electron chi connectivity index (χ1n) is 6.85. The van der Waals surface area contributed by atoms with Crippen LogP contribution in [0.4, 0.5) is 0 Å². The first-order chi connectivity index (χ1) is 11.7. The van der Waals surface area contributed by atoms with Gasteiger partial charge in [-0.3, -0.25) is 9.59 Å². The Morgan fingerprint density at radius 3 is 2.96 bits per heavy atom. The second-order valence-electron chi connectivity index (χ2n) is 4.58. The maximum absolute atomic E-state index is 11.6. The Bertz CT molecular complexity index is 763. The van der Waals surface area contributed by atoms with Crippen LogP contribution in [0.15, 0.2) is 27.8 Å². The lowest BCUT2D eigenvalue weighted by atomic mass is 10.2. The molecule has 0 saturated carbocycles. The smallest absolute Gasteiger partial charge is 0.325 e. The van der Waals surface area contributed by atoms with Crippen LogP contribution in [0, 0.1) is 0 Å². The van der Waals surface area contributed by atoms with Crippen molar-refractivity contribution in [2.45, 2.75) is 5.22 Å². The molecule has 0 spiro atoms. The molecule has 0 fully saturated rings. The average molecular weight is 351 g/mol. The summed E-state index contributed by atoms with van der Waals surface area (Å²) in [5, 5.41) is 10.5. The first-order valence-corrected chi connectivity index (χ1v) is 7.84. The minimum atomic E-state index is -0.517. The Hall–Kier alpha value is -2.75. The average Bonchev–Trinajstić information content (AvgIpc) is 3.25. The van der Waals surface area contributed by atoms with E-state index in [0.29, 0.717) is 23.0 Å². The molecule has 0 radical (unpaired) electrons. The Labute approximate surface area is 140 Å². The fourth-order valence-electron chi connectivity index (χ4n) is 1.84. The van der Waals surface area contributed by atoms with E-state index in [1.165, 1.54) is 7.11 Å². The van der Waals surface area contributed by atoms with Gasteiger partial charge in [0, 0.05) is 5.56 Å². The summed E-state index contributed by atoms with van der Waals surface area (Å²) in [6, 6.07) is 5.28. The highest BCUT2D eigenvalue weighted by molar-refractivity contribution is 7.99. The Kier molecular flexibility index (Phi) is 4.85. The molecule has 1 aliphatic rings. The molecule has 0 aliphatic carbocycles. The highest BCUT2D eigenvalue weighted by Gasteiger charge is 2.17. The third-order valence-electron chi connectivity index (χ3n) is 3.01. The summed E-state index contributed by atoms with van der Waals surface area (Å²) in [7, 11) is 1.25. The second kappa shape index (κ2) is 7.21. The van der Waals surface area contributed by atoms with Crippen LogP contribution >= 0.6 is 11.8 Å². The van der Waals surface area contributed by atoms with Gasteiger partial charge in [0.1, 0.15) is 6.54 Å². The van der Waals surface area contributed by atoms with Gasteiger partial charge >= 0.3 is 5.97 Å². The summed E-state index contributed by atoms with van der Waals surface area (Å²) in [5.41, 5.74) is 0.689. The SMILES string of the molecule is COC(=O)CNC(=O)CSc1nnc(-c2ccc3c(c2)OCO3)o1. The number of rotatable bonds is 6. The van der Waals surface area contributed by atoms with E-state index < -0.39 is 5.97 Å². The third-order valence-corrected chi connectivity index (χ3v) is 3.83. The van der Waals surface area contributed by atoms with Gasteiger partial charge in [-0.2, -0.15) is 0 Å². The summed E-state index contributed by atoms with van der Waals surface area (Å²) < 4.78 is 20.5. The van der Waals surface area contributed by atoms with Gasteiger partial charge in [0.2, 0.25) is 18.6 Å². The van der Waals surface area contributed by atoms with Crippen LogP contribution in [0.3, 0.4) is 0 Å². The van der Waals surface area contributed by atoms with Gasteiger partial charge < -0.3 is 23.9 Å². The quantitative estimate of drug-likeness (QED) is 0.597. The number of amides is 1. The molecule has 0 bridgehead atoms. The Morgan fingerprint density at radius 2 is 2.12 bits per heavy atom. The molecule has 1 aliphatic heterocycles. The minimum Gasteiger partial charge on any atom is -0.468 e. The number of thioether (sulfide) groups is 1. The van der Waals surface area contributed by atoms with Crippen LogP contribution in [0.2, 0.25) is 0 Å². The molecule has 1 aromatic heterocycles. The number of nitrogens with one attached hydrogen (secondary N) is 1. The van der Waals surface area contributed by atoms with Crippen LogP contribution < -0.4 is 14.8 Å². The van der Waals surface area contributed by atoms with E-state index in [1.807, 2.05) is 0 Å². The number of nitrogens with zero attached hydrogens (tertiary/aromatic N) is 2. The summed E-state index contributed by atoms with van der Waals surface area (Å²) in [5.74, 6) is 0.771. The lowest BCUT2D eigenvalue weighted by Gasteiger charge is -2.01. The van der Waals surface area contributed by atoms with Gasteiger partial charge in [-0.15, -0.1) is 10.2 Å². The molecular formula is C14H13N3O6S. The van der Waals surface area contributed by atoms with Crippen LogP contribution in [0.5, 0.6) is 11.5 Å². The molecule has 3 rings (SSSR count). The van der Waals surface area contributed by atoms with Crippen molar-refractivity contribution in [1.82, 2.24) is 15.5 Å². The van der Waals surface area contributed by atoms with Gasteiger partial charge in [0.05, 0.1) is 12.9 Å². The zero-order chi connectivity index (χ0) is 16.9. The molecular weight excluding hydrogens is 338 g/mol. The van der Waals surface area contributed by atoms with Crippen LogP contribution in [0.1, 0.15) is 0 Å². The van der Waals surface area contributed by atoms with Crippen molar-refractivity contribution in [3.63, 3.8) is 0 Å². The second-order valence-corrected chi connectivity index (χ2v) is 5.51. The molecule has 2 aromatic rings. The van der Waals surface area contributed by atoms with Crippen LogP contribution in [0.25, 0.3) is 11.5 Å². The zero-order valence-electron chi connectivity index (χ0n) is 12.6. The van der Waals surface area contributed by atoms with Crippen molar-refractivity contribution in [2.75, 3.05) is 26.2 Å². The number of esters is 1. The minimum absolute atomic E-state index is 0.0414. The van der Waals surface area contributed by atoms with E-state index in [2.05, 4.69) is 20.3 Å². The number of carbonyl (C=O) groups is 2. The topological polar surface area (TPSA) is 113 Å². The Morgan fingerprint density at radius 1 is 1.29 bits per heavy atom. The largest absolute Gasteiger partial charge is 0.468 e. The van der Waals surface area contributed by atoms with Crippen molar-refractivity contribution in [2.24, 2.45) is 0 Å². The Balaban J connectivity index is 1.56. The lowest BCUT2D eigenvalue weighted by molar-refractivity contribution is -0.140. The van der Waals surface area contributed by atoms with Gasteiger partial charge in [0.25, 0.3) is 5.22 Å². The maximum Gasteiger partial charge on any atom is 0.325 e. The number of aromatic nitrogens is 2. The summed E-state index contributed by atoms with van der Waals surface area (Å²) in [6.45, 7) is 0.00653. The predicted molar refractivity (Wildman–Crippen MR) is 81.6 cm³/mol. The number of carbonyl (C=O) groups excluding carboxylic acids is 2. The third kappa shape index (κ3) is 3.77. The molecule has 0 saturated heterocycles. The molecule has 0 atom stereocenters. The van der Waals surface area contributed by atoms with Gasteiger partial charge in [0.15, 0.2) is 11.5 Å². The molecule has 0 unspecified atom stereocenters. The molecule has 10 heteroatoms. The first kappa shape index (κ1) is 16.1. The lowest BCUT2D eigenvalue weighted by Crippen LogP contribution is -2.31. The number of benzene rings is 1. The summed E-state index contributed by atoms with van der Waals surface area (Å²) in [4.78, 5) is 22.5. The molecule has 9 nitrogen and oxygen atoms in total. The highest BCUT2D eigenvalue weighted by atomic mass is 32.2. The number of hydrogen-bond donors (Lipinski definition) is 1. The fourth-order valence-corrected chi connectivity index (χ4v) is 2.43. The number of ether oxygens (including phenoxy) is 3. The monoisotopic (exact) mass is 351 g/mol. The molecule has 24 heavy (non-hydrogen) atoms. The van der Waals surface area contributed by atoms with Crippen molar-refractivity contribution < 1.29 is 28.2 Å². The predicted octanol–water partition coefficient (Wildman–Crippen LogP) is 0.847. The van der Waals surface area contributed by atoms with E-state index in [-0.39, 0.29) is 30.2 Å². The standard InChI is InChI=1S/C14H13N3O6S/c1-20-12(19)5-15-11(18)6-24-14-17-16-13(23-14)8-2-3-9-10(4-8)22-7-21-9/h2-4H,5-7H2,1H3,(H,15,18). The normalized spacial score (nSPS) is 12.0. The van der Waals surface area contributed by atoms with Crippen molar-refractivity contribution in [1.29, 1.82) is 0 Å². The molecule has 1 N–H and O–H groups in total. The van der Waals surface area contributed by atoms with Gasteiger partial charge in [-0.1, -0.05) is 11.8 Å². The summed E-state index contributed by atoms with van der Waals surface area (Å²) in [6.07, 6.45) is 0. The van der Waals surface area contributed by atoms with E-state index in [9.17, 15) is 9.59 Å². The molecule has 2 heterocycles. The van der Waals surface area contributed by atoms with E-state index >= 15 is 0 Å². The van der Waals surface area contributed by atoms with E-state index in [0.717, 1.165) is 11.8 Å². The van der Waals surface area contributed by atoms with E-state index in [4.69, 9.17) is 13.9 Å². The van der Waals surface area contributed by atoms with Gasteiger partial charge in [-0.25, -0.2) is 0 Å². The maximum atomic E-state index is 11.6.